The fourth-order valence-corrected chi connectivity index (χ4v) is 2.55. The lowest BCUT2D eigenvalue weighted by Gasteiger charge is -1.98. The van der Waals surface area contributed by atoms with Crippen LogP contribution in [-0.4, -0.2) is 4.98 Å². The first kappa shape index (κ1) is 12.9. The summed E-state index contributed by atoms with van der Waals surface area (Å²) in [4.78, 5) is 5.46. The molecule has 100 valence electrons. The van der Waals surface area contributed by atoms with Crippen LogP contribution in [0.3, 0.4) is 0 Å². The summed E-state index contributed by atoms with van der Waals surface area (Å²) in [5, 5.41) is 0. The van der Waals surface area contributed by atoms with Crippen LogP contribution in [-0.2, 0) is 5.75 Å². The fraction of sp³-hybridized carbons (Fsp3) is 0.0625. The van der Waals surface area contributed by atoms with Crippen molar-refractivity contribution in [2.45, 2.75) is 10.6 Å². The second-order valence-electron chi connectivity index (χ2n) is 4.25. The molecule has 1 aromatic heterocycles. The predicted molar refractivity (Wildman–Crippen MR) is 77.9 cm³/mol. The van der Waals surface area contributed by atoms with E-state index in [1.165, 1.54) is 12.1 Å². The van der Waals surface area contributed by atoms with E-state index in [1.807, 2.05) is 30.3 Å². The third-order valence-electron chi connectivity index (χ3n) is 2.77. The zero-order valence-electron chi connectivity index (χ0n) is 10.6. The molecule has 0 radical (unpaired) electrons. The van der Waals surface area contributed by atoms with Crippen LogP contribution in [0.15, 0.2) is 70.2 Å². The average molecular weight is 285 g/mol. The summed E-state index contributed by atoms with van der Waals surface area (Å²) in [6.45, 7) is 0. The van der Waals surface area contributed by atoms with E-state index in [0.29, 0.717) is 11.6 Å². The highest BCUT2D eigenvalue weighted by Crippen LogP contribution is 2.24. The first-order valence-electron chi connectivity index (χ1n) is 6.19. The molecule has 0 unspecified atom stereocenters. The maximum absolute atomic E-state index is 12.8. The largest absolute Gasteiger partial charge is 0.444 e. The maximum Gasteiger partial charge on any atom is 0.226 e. The van der Waals surface area contributed by atoms with Gasteiger partial charge in [-0.3, -0.25) is 0 Å². The first-order chi connectivity index (χ1) is 9.81. The lowest BCUT2D eigenvalue weighted by molar-refractivity contribution is 0.573. The van der Waals surface area contributed by atoms with Gasteiger partial charge >= 0.3 is 0 Å². The molecule has 0 aliphatic rings. The minimum Gasteiger partial charge on any atom is -0.444 e. The van der Waals surface area contributed by atoms with E-state index >= 15 is 0 Å². The van der Waals surface area contributed by atoms with Gasteiger partial charge in [0.15, 0.2) is 0 Å². The van der Waals surface area contributed by atoms with Gasteiger partial charge in [0.1, 0.15) is 12.1 Å². The van der Waals surface area contributed by atoms with Crippen LogP contribution >= 0.6 is 11.8 Å². The van der Waals surface area contributed by atoms with Crippen LogP contribution < -0.4 is 0 Å². The highest BCUT2D eigenvalue weighted by molar-refractivity contribution is 7.98. The molecule has 0 amide bonds. The van der Waals surface area contributed by atoms with Crippen LogP contribution in [0.1, 0.15) is 5.69 Å². The topological polar surface area (TPSA) is 26.0 Å². The molecule has 0 aliphatic carbocycles. The molecule has 3 rings (SSSR count). The summed E-state index contributed by atoms with van der Waals surface area (Å²) in [7, 11) is 0. The molecule has 1 heterocycles. The molecule has 0 bridgehead atoms. The van der Waals surface area contributed by atoms with Gasteiger partial charge in [-0.2, -0.15) is 0 Å². The Kier molecular flexibility index (Phi) is 3.83. The summed E-state index contributed by atoms with van der Waals surface area (Å²) in [6, 6.07) is 16.2. The minimum atomic E-state index is -0.220. The van der Waals surface area contributed by atoms with Crippen LogP contribution in [0.4, 0.5) is 4.39 Å². The number of benzene rings is 2. The van der Waals surface area contributed by atoms with Crippen molar-refractivity contribution < 1.29 is 8.81 Å². The van der Waals surface area contributed by atoms with E-state index in [2.05, 4.69) is 4.98 Å². The number of nitrogens with zero attached hydrogens (tertiary/aromatic N) is 1. The Balaban J connectivity index is 1.67. The SMILES string of the molecule is Fc1ccc(SCc2coc(-c3ccccc3)n2)cc1. The molecule has 0 atom stereocenters. The summed E-state index contributed by atoms with van der Waals surface area (Å²) in [5.41, 5.74) is 1.84. The third-order valence-corrected chi connectivity index (χ3v) is 3.82. The second-order valence-corrected chi connectivity index (χ2v) is 5.30. The van der Waals surface area contributed by atoms with Crippen LogP contribution in [0, 0.1) is 5.82 Å². The summed E-state index contributed by atoms with van der Waals surface area (Å²) in [5.74, 6) is 1.10. The van der Waals surface area contributed by atoms with Crippen molar-refractivity contribution in [1.82, 2.24) is 4.98 Å². The molecule has 0 fully saturated rings. The Morgan fingerprint density at radius 2 is 1.75 bits per heavy atom. The van der Waals surface area contributed by atoms with E-state index in [0.717, 1.165) is 16.2 Å². The lowest BCUT2D eigenvalue weighted by Crippen LogP contribution is -1.82. The minimum absolute atomic E-state index is 0.220. The number of aromatic nitrogens is 1. The molecule has 20 heavy (non-hydrogen) atoms. The zero-order valence-corrected chi connectivity index (χ0v) is 11.4. The monoisotopic (exact) mass is 285 g/mol. The molecule has 0 saturated carbocycles. The van der Waals surface area contributed by atoms with E-state index in [-0.39, 0.29) is 5.82 Å². The second kappa shape index (κ2) is 5.92. The Hall–Kier alpha value is -2.07. The fourth-order valence-electron chi connectivity index (χ4n) is 1.77. The number of thioether (sulfide) groups is 1. The van der Waals surface area contributed by atoms with Gasteiger partial charge in [-0.25, -0.2) is 9.37 Å². The van der Waals surface area contributed by atoms with E-state index in [4.69, 9.17) is 4.42 Å². The lowest BCUT2D eigenvalue weighted by atomic mass is 10.2. The van der Waals surface area contributed by atoms with Crippen molar-refractivity contribution in [2.75, 3.05) is 0 Å². The standard InChI is InChI=1S/C16H12FNOS/c17-13-6-8-15(9-7-13)20-11-14-10-19-16(18-14)12-4-2-1-3-5-12/h1-10H,11H2. The molecular formula is C16H12FNOS. The van der Waals surface area contributed by atoms with E-state index < -0.39 is 0 Å². The Morgan fingerprint density at radius 3 is 2.50 bits per heavy atom. The van der Waals surface area contributed by atoms with Gasteiger partial charge in [-0.05, 0) is 36.4 Å². The molecular weight excluding hydrogens is 273 g/mol. The van der Waals surface area contributed by atoms with Gasteiger partial charge in [0, 0.05) is 16.2 Å². The molecule has 0 aliphatic heterocycles. The van der Waals surface area contributed by atoms with Gasteiger partial charge in [-0.15, -0.1) is 11.8 Å². The van der Waals surface area contributed by atoms with Crippen molar-refractivity contribution in [3.8, 4) is 11.5 Å². The molecule has 0 spiro atoms. The van der Waals surface area contributed by atoms with Gasteiger partial charge in [0.05, 0.1) is 5.69 Å². The molecule has 3 aromatic rings. The smallest absolute Gasteiger partial charge is 0.226 e. The van der Waals surface area contributed by atoms with E-state index in [1.54, 1.807) is 30.2 Å². The Labute approximate surface area is 120 Å². The van der Waals surface area contributed by atoms with Crippen LogP contribution in [0.25, 0.3) is 11.5 Å². The van der Waals surface area contributed by atoms with Gasteiger partial charge in [0.2, 0.25) is 5.89 Å². The van der Waals surface area contributed by atoms with Crippen molar-refractivity contribution >= 4 is 11.8 Å². The average Bonchev–Trinajstić information content (AvgIpc) is 2.97. The van der Waals surface area contributed by atoms with Crippen molar-refractivity contribution in [2.24, 2.45) is 0 Å². The first-order valence-corrected chi connectivity index (χ1v) is 7.18. The molecule has 2 aromatic carbocycles. The number of halogens is 1. The quantitative estimate of drug-likeness (QED) is 0.646. The highest BCUT2D eigenvalue weighted by Gasteiger charge is 2.06. The Bertz CT molecular complexity index is 679. The normalized spacial score (nSPS) is 10.7. The number of rotatable bonds is 4. The van der Waals surface area contributed by atoms with Gasteiger partial charge in [-0.1, -0.05) is 18.2 Å². The van der Waals surface area contributed by atoms with Gasteiger partial charge in [0.25, 0.3) is 0 Å². The summed E-state index contributed by atoms with van der Waals surface area (Å²) >= 11 is 1.60. The summed E-state index contributed by atoms with van der Waals surface area (Å²) < 4.78 is 18.3. The third kappa shape index (κ3) is 3.08. The maximum atomic E-state index is 12.8. The number of hydrogen-bond acceptors (Lipinski definition) is 3. The predicted octanol–water partition coefficient (Wildman–Crippen LogP) is 4.77. The van der Waals surface area contributed by atoms with Crippen molar-refractivity contribution in [3.63, 3.8) is 0 Å². The van der Waals surface area contributed by atoms with Crippen molar-refractivity contribution in [1.29, 1.82) is 0 Å². The van der Waals surface area contributed by atoms with Crippen molar-refractivity contribution in [3.05, 3.63) is 72.4 Å². The number of oxazole rings is 1. The molecule has 0 saturated heterocycles. The molecule has 0 N–H and O–H groups in total. The summed E-state index contributed by atoms with van der Waals surface area (Å²) in [6.07, 6.45) is 1.67. The van der Waals surface area contributed by atoms with Crippen LogP contribution in [0.5, 0.6) is 0 Å². The molecule has 4 heteroatoms. The van der Waals surface area contributed by atoms with E-state index in [9.17, 15) is 4.39 Å². The molecule has 2 nitrogen and oxygen atoms in total. The Morgan fingerprint density at radius 1 is 1.00 bits per heavy atom. The number of hydrogen-bond donors (Lipinski definition) is 0. The highest BCUT2D eigenvalue weighted by atomic mass is 32.2. The van der Waals surface area contributed by atoms with Crippen LogP contribution in [0.2, 0.25) is 0 Å². The zero-order chi connectivity index (χ0) is 13.8. The van der Waals surface area contributed by atoms with Gasteiger partial charge < -0.3 is 4.42 Å².